The molecule has 0 atom stereocenters. The maximum absolute atomic E-state index is 7.63. The molecule has 0 saturated carbocycles. The van der Waals surface area contributed by atoms with Gasteiger partial charge in [0, 0.05) is 0 Å². The van der Waals surface area contributed by atoms with E-state index in [4.69, 9.17) is 5.21 Å². The van der Waals surface area contributed by atoms with Gasteiger partial charge in [-0.15, -0.1) is 11.4 Å². The van der Waals surface area contributed by atoms with Gasteiger partial charge in [-0.25, -0.2) is 0 Å². The van der Waals surface area contributed by atoms with E-state index in [2.05, 4.69) is 11.4 Å². The lowest BCUT2D eigenvalue weighted by Gasteiger charge is -1.56. The molecule has 0 bridgehead atoms. The van der Waals surface area contributed by atoms with Gasteiger partial charge in [0.1, 0.15) is 0 Å². The van der Waals surface area contributed by atoms with Gasteiger partial charge in [0.15, 0.2) is 0 Å². The Morgan fingerprint density at radius 2 is 2.60 bits per heavy atom. The second-order valence-electron chi connectivity index (χ2n) is 0.433. The summed E-state index contributed by atoms with van der Waals surface area (Å²) in [6.07, 6.45) is 0. The van der Waals surface area contributed by atoms with Crippen LogP contribution in [0.15, 0.2) is 17.1 Å². The van der Waals surface area contributed by atoms with Gasteiger partial charge in [0.05, 0.1) is 0 Å². The van der Waals surface area contributed by atoms with E-state index in [0.29, 0.717) is 0 Å². The highest BCUT2D eigenvalue weighted by atomic mass is 28.2. The molecule has 1 radical (unpaired) electrons. The van der Waals surface area contributed by atoms with Crippen LogP contribution in [-0.2, 0) is 0 Å². The topological polar surface area (TPSA) is 32.6 Å². The van der Waals surface area contributed by atoms with Gasteiger partial charge in [-0.1, -0.05) is 5.70 Å². The highest BCUT2D eigenvalue weighted by Crippen LogP contribution is 1.45. The van der Waals surface area contributed by atoms with Gasteiger partial charge >= 0.3 is 0 Å². The quantitative estimate of drug-likeness (QED) is 0.364. The van der Waals surface area contributed by atoms with Crippen molar-refractivity contribution in [3.05, 3.63) is 12.3 Å². The third-order valence-electron chi connectivity index (χ3n) is 0.149. The predicted molar refractivity (Wildman–Crippen MR) is 20.2 cm³/mol. The second kappa shape index (κ2) is 3.56. The minimum Gasteiger partial charge on any atom is -0.421 e. The van der Waals surface area contributed by atoms with Gasteiger partial charge < -0.3 is 5.21 Å². The van der Waals surface area contributed by atoms with Crippen LogP contribution in [0, 0.1) is 0 Å². The summed E-state index contributed by atoms with van der Waals surface area (Å²) in [5.41, 5.74) is 1.54. The fourth-order valence-corrected chi connectivity index (χ4v) is 0.122. The molecule has 0 aliphatic rings. The molecule has 2 nitrogen and oxygen atoms in total. The summed E-state index contributed by atoms with van der Waals surface area (Å²) in [5, 5.41) is 7.63. The monoisotopic (exact) mass is 86.0 g/mol. The Kier molecular flexibility index (Phi) is 3.24. The van der Waals surface area contributed by atoms with Crippen molar-refractivity contribution in [3.8, 4) is 0 Å². The average molecular weight is 86.1 g/mol. The Morgan fingerprint density at radius 3 is 2.60 bits per heavy atom. The minimum atomic E-state index is 0.142. The summed E-state index contributed by atoms with van der Waals surface area (Å²) in [6, 6.07) is 0. The molecule has 0 aromatic rings. The molecular weight excluding hydrogens is 82.1 g/mol. The SMILES string of the molecule is C=C[Si]=NO. The van der Waals surface area contributed by atoms with Crippen LogP contribution in [0.4, 0.5) is 0 Å². The van der Waals surface area contributed by atoms with Crippen LogP contribution in [0.1, 0.15) is 0 Å². The zero-order chi connectivity index (χ0) is 4.12. The van der Waals surface area contributed by atoms with Gasteiger partial charge in [0.2, 0.25) is 9.31 Å². The fourth-order valence-electron chi connectivity index (χ4n) is 0.0408. The Balaban J connectivity index is 2.92. The third-order valence-corrected chi connectivity index (χ3v) is 0.447. The van der Waals surface area contributed by atoms with E-state index in [1.165, 1.54) is 0 Å². The molecule has 0 rings (SSSR count). The van der Waals surface area contributed by atoms with Crippen molar-refractivity contribution < 1.29 is 5.21 Å². The number of hydrogen-bond acceptors (Lipinski definition) is 2. The molecule has 0 amide bonds. The molecule has 0 aliphatic heterocycles. The van der Waals surface area contributed by atoms with Gasteiger partial charge in [-0.3, -0.25) is 0 Å². The van der Waals surface area contributed by atoms with Crippen LogP contribution in [0.2, 0.25) is 0 Å². The molecule has 0 unspecified atom stereocenters. The number of rotatable bonds is 1. The molecule has 0 fully saturated rings. The van der Waals surface area contributed by atoms with Crippen molar-refractivity contribution in [2.45, 2.75) is 0 Å². The van der Waals surface area contributed by atoms with Crippen molar-refractivity contribution in [1.82, 2.24) is 0 Å². The summed E-state index contributed by atoms with van der Waals surface area (Å²) in [6.45, 7) is 3.31. The largest absolute Gasteiger partial charge is 0.421 e. The van der Waals surface area contributed by atoms with Crippen molar-refractivity contribution >= 4 is 9.31 Å². The molecular formula is C2H4NOSi. The minimum absolute atomic E-state index is 0.142. The zero-order valence-corrected chi connectivity index (χ0v) is 3.68. The van der Waals surface area contributed by atoms with E-state index in [1.807, 2.05) is 0 Å². The lowest BCUT2D eigenvalue weighted by Crippen LogP contribution is -1.58. The summed E-state index contributed by atoms with van der Waals surface area (Å²) in [7, 11) is 0.142. The van der Waals surface area contributed by atoms with Crippen LogP contribution in [0.5, 0.6) is 0 Å². The molecule has 0 aromatic heterocycles. The fraction of sp³-hybridized carbons (Fsp3) is 0. The smallest absolute Gasteiger partial charge is 0.241 e. The van der Waals surface area contributed by atoms with Gasteiger partial charge in [0.25, 0.3) is 0 Å². The highest BCUT2D eigenvalue weighted by Gasteiger charge is 1.49. The average Bonchev–Trinajstić information content (AvgIpc) is 1.41. The summed E-state index contributed by atoms with van der Waals surface area (Å²) in [4.78, 5) is 2.76. The Bertz CT molecular complexity index is 51.6. The maximum atomic E-state index is 7.63. The van der Waals surface area contributed by atoms with Crippen LogP contribution in [0.25, 0.3) is 0 Å². The lowest BCUT2D eigenvalue weighted by molar-refractivity contribution is 0.325. The van der Waals surface area contributed by atoms with E-state index in [0.717, 1.165) is 0 Å². The normalized spacial score (nSPS) is 8.80. The first kappa shape index (κ1) is 4.56. The van der Waals surface area contributed by atoms with Gasteiger partial charge in [-0.05, 0) is 0 Å². The lowest BCUT2D eigenvalue weighted by atomic mass is 11.3. The van der Waals surface area contributed by atoms with E-state index in [9.17, 15) is 0 Å². The standard InChI is InChI=1S/C2H4NOSi/c1-2-5-3-4/h2,4H,1H2. The number of nitrogens with zero attached hydrogens (tertiary/aromatic N) is 1. The van der Waals surface area contributed by atoms with E-state index >= 15 is 0 Å². The van der Waals surface area contributed by atoms with Crippen molar-refractivity contribution in [2.75, 3.05) is 0 Å². The first-order chi connectivity index (χ1) is 2.41. The maximum Gasteiger partial charge on any atom is 0.241 e. The molecule has 0 heterocycles. The Labute approximate surface area is 32.6 Å². The second-order valence-corrected chi connectivity index (χ2v) is 1.30. The van der Waals surface area contributed by atoms with Crippen LogP contribution < -0.4 is 0 Å². The van der Waals surface area contributed by atoms with Crippen LogP contribution in [0.3, 0.4) is 0 Å². The number of hydrogen-bond donors (Lipinski definition) is 1. The Hall–Kier alpha value is -0.443. The van der Waals surface area contributed by atoms with Gasteiger partial charge in [-0.2, -0.15) is 0 Å². The predicted octanol–water partition coefficient (Wildman–Crippen LogP) is 0.407. The zero-order valence-electron chi connectivity index (χ0n) is 2.68. The molecule has 0 aromatic carbocycles. The Morgan fingerprint density at radius 1 is 2.00 bits per heavy atom. The molecule has 5 heavy (non-hydrogen) atoms. The first-order valence-electron chi connectivity index (χ1n) is 1.12. The van der Waals surface area contributed by atoms with E-state index < -0.39 is 0 Å². The summed E-state index contributed by atoms with van der Waals surface area (Å²) in [5.74, 6) is 0. The summed E-state index contributed by atoms with van der Waals surface area (Å²) >= 11 is 0. The molecule has 1 N–H and O–H groups in total. The first-order valence-corrected chi connectivity index (χ1v) is 2.15. The van der Waals surface area contributed by atoms with Crippen LogP contribution in [-0.4, -0.2) is 14.5 Å². The summed E-state index contributed by atoms with van der Waals surface area (Å²) < 4.78 is 0. The van der Waals surface area contributed by atoms with Crippen molar-refractivity contribution in [3.63, 3.8) is 0 Å². The highest BCUT2D eigenvalue weighted by molar-refractivity contribution is 6.28. The molecule has 0 aliphatic carbocycles. The van der Waals surface area contributed by atoms with E-state index in [-0.39, 0.29) is 9.31 Å². The third kappa shape index (κ3) is 3.56. The molecule has 0 saturated heterocycles. The van der Waals surface area contributed by atoms with Crippen molar-refractivity contribution in [2.24, 2.45) is 4.80 Å². The molecule has 27 valence electrons. The molecule has 0 spiro atoms. The van der Waals surface area contributed by atoms with E-state index in [1.54, 1.807) is 5.70 Å². The van der Waals surface area contributed by atoms with Crippen LogP contribution >= 0.6 is 0 Å². The molecule has 3 heteroatoms. The van der Waals surface area contributed by atoms with Crippen molar-refractivity contribution in [1.29, 1.82) is 0 Å².